The second kappa shape index (κ2) is 4.93. The van der Waals surface area contributed by atoms with Gasteiger partial charge in [0.15, 0.2) is 0 Å². The van der Waals surface area contributed by atoms with E-state index in [0.717, 1.165) is 11.1 Å². The van der Waals surface area contributed by atoms with Crippen LogP contribution in [0.15, 0.2) is 47.5 Å². The molecule has 2 rings (SSSR count). The highest BCUT2D eigenvalue weighted by Gasteiger charge is 2.03. The standard InChI is InChI=1S/C13H15N3O/c1-10(7-14-2)8-16-9-15-12-6-4-3-5-11(12)13(16)17/h3-6,9,14H,1,7-8H2,2H3. The van der Waals surface area contributed by atoms with Gasteiger partial charge in [-0.25, -0.2) is 4.98 Å². The van der Waals surface area contributed by atoms with Gasteiger partial charge < -0.3 is 5.32 Å². The van der Waals surface area contributed by atoms with Gasteiger partial charge in [-0.2, -0.15) is 0 Å². The number of fused-ring (bicyclic) bond motifs is 1. The molecule has 88 valence electrons. The first-order chi connectivity index (χ1) is 8.22. The van der Waals surface area contributed by atoms with Gasteiger partial charge in [-0.3, -0.25) is 9.36 Å². The monoisotopic (exact) mass is 229 g/mol. The Balaban J connectivity index is 2.39. The van der Waals surface area contributed by atoms with Crippen LogP contribution in [0, 0.1) is 0 Å². The number of nitrogens with one attached hydrogen (secondary N) is 1. The normalized spacial score (nSPS) is 10.6. The van der Waals surface area contributed by atoms with Gasteiger partial charge in [0.25, 0.3) is 5.56 Å². The molecule has 0 saturated heterocycles. The van der Waals surface area contributed by atoms with Gasteiger partial charge in [-0.15, -0.1) is 0 Å². The Labute approximate surface area is 99.6 Å². The van der Waals surface area contributed by atoms with Crippen LogP contribution in [0.25, 0.3) is 10.9 Å². The smallest absolute Gasteiger partial charge is 0.261 e. The molecule has 0 aliphatic rings. The molecule has 0 fully saturated rings. The zero-order valence-corrected chi connectivity index (χ0v) is 9.81. The van der Waals surface area contributed by atoms with Crippen LogP contribution in [-0.4, -0.2) is 23.1 Å². The SMILES string of the molecule is C=C(CNC)Cn1cnc2ccccc2c1=O. The lowest BCUT2D eigenvalue weighted by Crippen LogP contribution is -2.23. The van der Waals surface area contributed by atoms with Crippen molar-refractivity contribution in [3.63, 3.8) is 0 Å². The van der Waals surface area contributed by atoms with Crippen LogP contribution in [0.3, 0.4) is 0 Å². The molecule has 1 aromatic carbocycles. The highest BCUT2D eigenvalue weighted by molar-refractivity contribution is 5.76. The first-order valence-electron chi connectivity index (χ1n) is 5.48. The summed E-state index contributed by atoms with van der Waals surface area (Å²) in [7, 11) is 1.85. The molecule has 4 nitrogen and oxygen atoms in total. The summed E-state index contributed by atoms with van der Waals surface area (Å²) in [5.74, 6) is 0. The van der Waals surface area contributed by atoms with Crippen LogP contribution < -0.4 is 10.9 Å². The summed E-state index contributed by atoms with van der Waals surface area (Å²) >= 11 is 0. The molecular weight excluding hydrogens is 214 g/mol. The van der Waals surface area contributed by atoms with Crippen LogP contribution in [0.4, 0.5) is 0 Å². The van der Waals surface area contributed by atoms with E-state index in [-0.39, 0.29) is 5.56 Å². The van der Waals surface area contributed by atoms with Gasteiger partial charge in [-0.05, 0) is 24.8 Å². The number of nitrogens with zero attached hydrogens (tertiary/aromatic N) is 2. The highest BCUT2D eigenvalue weighted by atomic mass is 16.1. The summed E-state index contributed by atoms with van der Waals surface area (Å²) in [4.78, 5) is 16.4. The minimum Gasteiger partial charge on any atom is -0.316 e. The number of benzene rings is 1. The molecule has 0 amide bonds. The van der Waals surface area contributed by atoms with Crippen LogP contribution in [0.2, 0.25) is 0 Å². The van der Waals surface area contributed by atoms with Crippen molar-refractivity contribution < 1.29 is 0 Å². The molecule has 0 spiro atoms. The third kappa shape index (κ3) is 2.42. The predicted octanol–water partition coefficient (Wildman–Crippen LogP) is 1.17. The zero-order chi connectivity index (χ0) is 12.3. The summed E-state index contributed by atoms with van der Waals surface area (Å²) in [5, 5.41) is 3.65. The van der Waals surface area contributed by atoms with Crippen molar-refractivity contribution in [1.82, 2.24) is 14.9 Å². The maximum atomic E-state index is 12.1. The Bertz CT molecular complexity index is 601. The minimum atomic E-state index is -0.0205. The zero-order valence-electron chi connectivity index (χ0n) is 9.81. The van der Waals surface area contributed by atoms with Crippen LogP contribution in [-0.2, 0) is 6.54 Å². The molecule has 17 heavy (non-hydrogen) atoms. The fraction of sp³-hybridized carbons (Fsp3) is 0.231. The Morgan fingerprint density at radius 1 is 1.47 bits per heavy atom. The van der Waals surface area contributed by atoms with Crippen molar-refractivity contribution in [2.24, 2.45) is 0 Å². The highest BCUT2D eigenvalue weighted by Crippen LogP contribution is 2.05. The Morgan fingerprint density at radius 2 is 2.24 bits per heavy atom. The van der Waals surface area contributed by atoms with Crippen molar-refractivity contribution in [2.45, 2.75) is 6.54 Å². The van der Waals surface area contributed by atoms with E-state index in [2.05, 4.69) is 16.9 Å². The third-order valence-corrected chi connectivity index (χ3v) is 2.55. The second-order valence-electron chi connectivity index (χ2n) is 3.98. The van der Waals surface area contributed by atoms with Crippen LogP contribution >= 0.6 is 0 Å². The van der Waals surface area contributed by atoms with Crippen molar-refractivity contribution >= 4 is 10.9 Å². The largest absolute Gasteiger partial charge is 0.316 e. The Kier molecular flexibility index (Phi) is 3.35. The lowest BCUT2D eigenvalue weighted by molar-refractivity contribution is 0.704. The van der Waals surface area contributed by atoms with Gasteiger partial charge in [-0.1, -0.05) is 18.7 Å². The lowest BCUT2D eigenvalue weighted by Gasteiger charge is -2.08. The van der Waals surface area contributed by atoms with E-state index < -0.39 is 0 Å². The number of aromatic nitrogens is 2. The van der Waals surface area contributed by atoms with E-state index in [1.165, 1.54) is 0 Å². The van der Waals surface area contributed by atoms with Gasteiger partial charge in [0.05, 0.1) is 17.2 Å². The van der Waals surface area contributed by atoms with E-state index in [0.29, 0.717) is 18.5 Å². The van der Waals surface area contributed by atoms with E-state index >= 15 is 0 Å². The van der Waals surface area contributed by atoms with Gasteiger partial charge >= 0.3 is 0 Å². The number of likely N-dealkylation sites (N-methyl/N-ethyl adjacent to an activating group) is 1. The first-order valence-corrected chi connectivity index (χ1v) is 5.48. The summed E-state index contributed by atoms with van der Waals surface area (Å²) in [6.07, 6.45) is 1.57. The third-order valence-electron chi connectivity index (χ3n) is 2.55. The molecule has 0 unspecified atom stereocenters. The molecule has 4 heteroatoms. The Hall–Kier alpha value is -1.94. The second-order valence-corrected chi connectivity index (χ2v) is 3.98. The van der Waals surface area contributed by atoms with Crippen molar-refractivity contribution in [2.75, 3.05) is 13.6 Å². The first kappa shape index (κ1) is 11.5. The molecule has 1 N–H and O–H groups in total. The summed E-state index contributed by atoms with van der Waals surface area (Å²) in [6.45, 7) is 5.10. The van der Waals surface area contributed by atoms with Gasteiger partial charge in [0.1, 0.15) is 0 Å². The van der Waals surface area contributed by atoms with Crippen molar-refractivity contribution in [3.8, 4) is 0 Å². The number of hydrogen-bond acceptors (Lipinski definition) is 3. The molecule has 1 heterocycles. The predicted molar refractivity (Wildman–Crippen MR) is 69.1 cm³/mol. The van der Waals surface area contributed by atoms with E-state index in [4.69, 9.17) is 0 Å². The average Bonchev–Trinajstić information content (AvgIpc) is 2.33. The summed E-state index contributed by atoms with van der Waals surface area (Å²) in [5.41, 5.74) is 1.66. The number of rotatable bonds is 4. The van der Waals surface area contributed by atoms with Gasteiger partial charge in [0, 0.05) is 13.1 Å². The molecule has 0 saturated carbocycles. The summed E-state index contributed by atoms with van der Waals surface area (Å²) < 4.78 is 1.59. The van der Waals surface area contributed by atoms with E-state index in [1.807, 2.05) is 25.2 Å². The van der Waals surface area contributed by atoms with E-state index in [9.17, 15) is 4.79 Å². The van der Waals surface area contributed by atoms with Crippen LogP contribution in [0.1, 0.15) is 0 Å². The Morgan fingerprint density at radius 3 is 3.00 bits per heavy atom. The molecule has 0 aliphatic carbocycles. The maximum absolute atomic E-state index is 12.1. The quantitative estimate of drug-likeness (QED) is 0.801. The lowest BCUT2D eigenvalue weighted by atomic mass is 10.2. The van der Waals surface area contributed by atoms with Crippen molar-refractivity contribution in [1.29, 1.82) is 0 Å². The van der Waals surface area contributed by atoms with Crippen molar-refractivity contribution in [3.05, 3.63) is 53.1 Å². The molecule has 0 aliphatic heterocycles. The summed E-state index contributed by atoms with van der Waals surface area (Å²) in [6, 6.07) is 7.35. The number of para-hydroxylation sites is 1. The molecule has 0 atom stereocenters. The number of hydrogen-bond donors (Lipinski definition) is 1. The maximum Gasteiger partial charge on any atom is 0.261 e. The molecule has 0 radical (unpaired) electrons. The van der Waals surface area contributed by atoms with Crippen LogP contribution in [0.5, 0.6) is 0 Å². The fourth-order valence-corrected chi connectivity index (χ4v) is 1.77. The average molecular weight is 229 g/mol. The minimum absolute atomic E-state index is 0.0205. The molecule has 1 aromatic heterocycles. The molecular formula is C13H15N3O. The molecule has 2 aromatic rings. The van der Waals surface area contributed by atoms with Gasteiger partial charge in [0.2, 0.25) is 0 Å². The van der Waals surface area contributed by atoms with E-state index in [1.54, 1.807) is 17.0 Å². The molecule has 0 bridgehead atoms. The topological polar surface area (TPSA) is 46.9 Å². The fourth-order valence-electron chi connectivity index (χ4n) is 1.77.